The van der Waals surface area contributed by atoms with Gasteiger partial charge in [0.05, 0.1) is 11.1 Å². The van der Waals surface area contributed by atoms with Crippen molar-refractivity contribution in [3.05, 3.63) is 70.5 Å². The number of hydrogen-bond acceptors (Lipinski definition) is 3. The van der Waals surface area contributed by atoms with Crippen molar-refractivity contribution in [2.75, 3.05) is 13.6 Å². The summed E-state index contributed by atoms with van der Waals surface area (Å²) in [4.78, 5) is 34.9. The van der Waals surface area contributed by atoms with Crippen LogP contribution in [0.15, 0.2) is 42.5 Å². The van der Waals surface area contributed by atoms with E-state index in [0.29, 0.717) is 23.6 Å². The van der Waals surface area contributed by atoms with E-state index in [1.54, 1.807) is 12.1 Å². The summed E-state index contributed by atoms with van der Waals surface area (Å²) in [5.41, 5.74) is 1.01. The standard InChI is InChI=1S/C19H17F4N3O4/c1-26(18(30)24-7-6-11-2-4-12(5-3-11)17(28)29)25-16(27)13-8-14(19(21,22)23)10-15(20)9-13/h2-5,8-10H,6-7H2,1H3,(H,24,30)(H,25,27)(H,28,29). The molecule has 2 rings (SSSR count). The number of carboxylic acid groups (broad SMARTS) is 1. The first-order chi connectivity index (χ1) is 14.0. The van der Waals surface area contributed by atoms with Gasteiger partial charge in [-0.2, -0.15) is 13.2 Å². The Kier molecular flexibility index (Phi) is 6.98. The minimum atomic E-state index is -4.83. The number of nitrogens with one attached hydrogen (secondary N) is 2. The van der Waals surface area contributed by atoms with Crippen molar-refractivity contribution in [2.24, 2.45) is 0 Å². The molecule has 0 spiro atoms. The number of alkyl halides is 3. The van der Waals surface area contributed by atoms with Crippen molar-refractivity contribution in [3.8, 4) is 0 Å². The van der Waals surface area contributed by atoms with Crippen LogP contribution < -0.4 is 10.7 Å². The number of benzene rings is 2. The van der Waals surface area contributed by atoms with Gasteiger partial charge in [-0.3, -0.25) is 10.2 Å². The van der Waals surface area contributed by atoms with Gasteiger partial charge in [-0.25, -0.2) is 19.0 Å². The molecule has 11 heteroatoms. The summed E-state index contributed by atoms with van der Waals surface area (Å²) in [7, 11) is 1.17. The van der Waals surface area contributed by atoms with Gasteiger partial charge in [0, 0.05) is 19.2 Å². The predicted molar refractivity (Wildman–Crippen MR) is 97.1 cm³/mol. The molecule has 3 amide bonds. The van der Waals surface area contributed by atoms with Gasteiger partial charge >= 0.3 is 18.2 Å². The highest BCUT2D eigenvalue weighted by atomic mass is 19.4. The van der Waals surface area contributed by atoms with Crippen molar-refractivity contribution >= 4 is 17.9 Å². The van der Waals surface area contributed by atoms with Crippen molar-refractivity contribution in [3.63, 3.8) is 0 Å². The summed E-state index contributed by atoms with van der Waals surface area (Å²) in [6, 6.07) is 6.61. The lowest BCUT2D eigenvalue weighted by molar-refractivity contribution is -0.137. The number of halogens is 4. The summed E-state index contributed by atoms with van der Waals surface area (Å²) in [6.45, 7) is 0.143. The van der Waals surface area contributed by atoms with E-state index in [1.165, 1.54) is 19.2 Å². The van der Waals surface area contributed by atoms with Gasteiger partial charge in [-0.1, -0.05) is 12.1 Å². The molecule has 0 radical (unpaired) electrons. The molecule has 0 bridgehead atoms. The summed E-state index contributed by atoms with van der Waals surface area (Å²) in [5, 5.41) is 12.0. The summed E-state index contributed by atoms with van der Waals surface area (Å²) in [6.07, 6.45) is -4.46. The Hall–Kier alpha value is -3.63. The summed E-state index contributed by atoms with van der Waals surface area (Å²) in [5.74, 6) is -3.40. The number of amides is 3. The number of aromatic carboxylic acids is 1. The number of nitrogens with zero attached hydrogens (tertiary/aromatic N) is 1. The molecular weight excluding hydrogens is 410 g/mol. The molecule has 0 saturated carbocycles. The van der Waals surface area contributed by atoms with Crippen molar-refractivity contribution < 1.29 is 37.1 Å². The van der Waals surface area contributed by atoms with Crippen molar-refractivity contribution in [1.29, 1.82) is 0 Å². The van der Waals surface area contributed by atoms with Gasteiger partial charge in [-0.05, 0) is 42.3 Å². The fourth-order valence-electron chi connectivity index (χ4n) is 2.40. The maximum absolute atomic E-state index is 13.4. The van der Waals surface area contributed by atoms with Crippen LogP contribution in [0, 0.1) is 5.82 Å². The first-order valence-corrected chi connectivity index (χ1v) is 8.50. The number of urea groups is 1. The maximum atomic E-state index is 13.4. The molecule has 0 saturated heterocycles. The molecule has 0 aliphatic rings. The smallest absolute Gasteiger partial charge is 0.416 e. The van der Waals surface area contributed by atoms with Crippen LogP contribution in [0.5, 0.6) is 0 Å². The van der Waals surface area contributed by atoms with Crippen molar-refractivity contribution in [1.82, 2.24) is 15.8 Å². The lowest BCUT2D eigenvalue weighted by Gasteiger charge is -2.19. The summed E-state index contributed by atoms with van der Waals surface area (Å²) >= 11 is 0. The van der Waals surface area contributed by atoms with Gasteiger partial charge in [0.1, 0.15) is 5.82 Å². The second-order valence-corrected chi connectivity index (χ2v) is 6.21. The maximum Gasteiger partial charge on any atom is 0.416 e. The van der Waals surface area contributed by atoms with Crippen LogP contribution in [0.3, 0.4) is 0 Å². The average Bonchev–Trinajstić information content (AvgIpc) is 2.67. The van der Waals surface area contributed by atoms with E-state index in [9.17, 15) is 31.9 Å². The van der Waals surface area contributed by atoms with E-state index in [0.717, 1.165) is 5.56 Å². The zero-order valence-electron chi connectivity index (χ0n) is 15.6. The molecule has 2 aromatic carbocycles. The Labute approximate surface area is 168 Å². The first kappa shape index (κ1) is 22.7. The molecule has 0 aliphatic heterocycles. The summed E-state index contributed by atoms with van der Waals surface area (Å²) < 4.78 is 51.6. The monoisotopic (exact) mass is 427 g/mol. The van der Waals surface area contributed by atoms with E-state index in [1.807, 2.05) is 0 Å². The molecule has 30 heavy (non-hydrogen) atoms. The molecular formula is C19H17F4N3O4. The van der Waals surface area contributed by atoms with E-state index in [-0.39, 0.29) is 18.2 Å². The lowest BCUT2D eigenvalue weighted by atomic mass is 10.1. The first-order valence-electron chi connectivity index (χ1n) is 8.50. The zero-order chi connectivity index (χ0) is 22.5. The van der Waals surface area contributed by atoms with Crippen molar-refractivity contribution in [2.45, 2.75) is 12.6 Å². The van der Waals surface area contributed by atoms with Crippen LogP contribution in [0.1, 0.15) is 31.8 Å². The number of carbonyl (C=O) groups excluding carboxylic acids is 2. The third kappa shape index (κ3) is 6.19. The number of carbonyl (C=O) groups is 3. The molecule has 160 valence electrons. The molecule has 3 N–H and O–H groups in total. The quantitative estimate of drug-likeness (QED) is 0.505. The molecule has 0 aliphatic carbocycles. The van der Waals surface area contributed by atoms with Gasteiger partial charge < -0.3 is 10.4 Å². The highest BCUT2D eigenvalue weighted by Gasteiger charge is 2.32. The topological polar surface area (TPSA) is 98.7 Å². The predicted octanol–water partition coefficient (Wildman–Crippen LogP) is 3.07. The molecule has 7 nitrogen and oxygen atoms in total. The normalized spacial score (nSPS) is 11.0. The molecule has 0 aromatic heterocycles. The van der Waals surface area contributed by atoms with E-state index in [2.05, 4.69) is 10.7 Å². The van der Waals surface area contributed by atoms with Gasteiger partial charge in [0.15, 0.2) is 0 Å². The Morgan fingerprint density at radius 2 is 1.67 bits per heavy atom. The highest BCUT2D eigenvalue weighted by Crippen LogP contribution is 2.30. The second-order valence-electron chi connectivity index (χ2n) is 6.21. The van der Waals surface area contributed by atoms with E-state index in [4.69, 9.17) is 5.11 Å². The Morgan fingerprint density at radius 1 is 1.03 bits per heavy atom. The number of carboxylic acids is 1. The van der Waals surface area contributed by atoms with Crippen LogP contribution in [-0.2, 0) is 12.6 Å². The van der Waals surface area contributed by atoms with Crippen LogP contribution in [0.2, 0.25) is 0 Å². The molecule has 2 aromatic rings. The van der Waals surface area contributed by atoms with Crippen LogP contribution in [-0.4, -0.2) is 41.6 Å². The minimum Gasteiger partial charge on any atom is -0.478 e. The van der Waals surface area contributed by atoms with Gasteiger partial charge in [-0.15, -0.1) is 0 Å². The van der Waals surface area contributed by atoms with Gasteiger partial charge in [0.2, 0.25) is 0 Å². The van der Waals surface area contributed by atoms with Crippen LogP contribution >= 0.6 is 0 Å². The molecule has 0 unspecified atom stereocenters. The number of rotatable bonds is 5. The second kappa shape index (κ2) is 9.25. The molecule has 0 fully saturated rings. The Bertz CT molecular complexity index is 946. The highest BCUT2D eigenvalue weighted by molar-refractivity contribution is 5.95. The van der Waals surface area contributed by atoms with Gasteiger partial charge in [0.25, 0.3) is 5.91 Å². The number of hydrogen-bond donors (Lipinski definition) is 3. The third-order valence-corrected chi connectivity index (χ3v) is 3.95. The number of hydrazine groups is 1. The lowest BCUT2D eigenvalue weighted by Crippen LogP contribution is -2.48. The third-order valence-electron chi connectivity index (χ3n) is 3.95. The van der Waals surface area contributed by atoms with Crippen LogP contribution in [0.25, 0.3) is 0 Å². The largest absolute Gasteiger partial charge is 0.478 e. The molecule has 0 atom stereocenters. The zero-order valence-corrected chi connectivity index (χ0v) is 15.6. The van der Waals surface area contributed by atoms with E-state index < -0.39 is 41.0 Å². The average molecular weight is 427 g/mol. The minimum absolute atomic E-state index is 0.122. The molecule has 0 heterocycles. The Morgan fingerprint density at radius 3 is 2.23 bits per heavy atom. The fourth-order valence-corrected chi connectivity index (χ4v) is 2.40. The Balaban J connectivity index is 1.90. The fraction of sp³-hybridized carbons (Fsp3) is 0.211. The van der Waals surface area contributed by atoms with E-state index >= 15 is 0 Å². The SMILES string of the molecule is CN(NC(=O)c1cc(F)cc(C(F)(F)F)c1)C(=O)NCCc1ccc(C(=O)O)cc1. The van der Waals surface area contributed by atoms with Crippen LogP contribution in [0.4, 0.5) is 22.4 Å².